The van der Waals surface area contributed by atoms with Gasteiger partial charge in [0, 0.05) is 58.2 Å². The van der Waals surface area contributed by atoms with Crippen LogP contribution in [-0.2, 0) is 24.1 Å². The molecule has 1 aliphatic heterocycles. The zero-order valence-electron chi connectivity index (χ0n) is 18.4. The SMILES string of the molecule is O=C(Cc1cc[n+](O)cc1)N1CCN(C2c3ccc(Cl)c(Br)c3CCc3cc(Br)cnc32)CC1. The Balaban J connectivity index is 1.39. The summed E-state index contributed by atoms with van der Waals surface area (Å²) in [5.41, 5.74) is 5.67. The number of pyridine rings is 2. The van der Waals surface area contributed by atoms with E-state index in [1.165, 1.54) is 29.1 Å². The first kappa shape index (κ1) is 23.7. The van der Waals surface area contributed by atoms with Gasteiger partial charge in [0.2, 0.25) is 18.3 Å². The number of aromatic nitrogens is 2. The number of fused-ring (bicyclic) bond motifs is 2. The van der Waals surface area contributed by atoms with Crippen LogP contribution in [0.5, 0.6) is 0 Å². The Morgan fingerprint density at radius 3 is 2.59 bits per heavy atom. The summed E-state index contributed by atoms with van der Waals surface area (Å²) in [5, 5.41) is 10.1. The van der Waals surface area contributed by atoms with E-state index in [2.05, 4.69) is 48.9 Å². The van der Waals surface area contributed by atoms with Gasteiger partial charge in [-0.3, -0.25) is 19.9 Å². The molecule has 0 saturated carbocycles. The minimum atomic E-state index is 0.0144. The topological polar surface area (TPSA) is 60.6 Å². The lowest BCUT2D eigenvalue weighted by molar-refractivity contribution is -0.904. The molecular weight excluding hydrogens is 584 g/mol. The summed E-state index contributed by atoms with van der Waals surface area (Å²) in [7, 11) is 0. The Morgan fingerprint density at radius 2 is 1.85 bits per heavy atom. The van der Waals surface area contributed by atoms with E-state index in [1.807, 2.05) is 17.2 Å². The number of aryl methyl sites for hydroxylation is 1. The predicted molar refractivity (Wildman–Crippen MR) is 136 cm³/mol. The van der Waals surface area contributed by atoms with Gasteiger partial charge in [-0.15, -0.1) is 0 Å². The van der Waals surface area contributed by atoms with Gasteiger partial charge >= 0.3 is 0 Å². The van der Waals surface area contributed by atoms with Crippen molar-refractivity contribution in [2.75, 3.05) is 26.2 Å². The summed E-state index contributed by atoms with van der Waals surface area (Å²) in [6.07, 6.45) is 7.07. The van der Waals surface area contributed by atoms with Crippen LogP contribution >= 0.6 is 43.5 Å². The largest absolute Gasteiger partial charge is 0.340 e. The Morgan fingerprint density at radius 1 is 1.12 bits per heavy atom. The summed E-state index contributed by atoms with van der Waals surface area (Å²) in [6, 6.07) is 9.80. The first-order valence-corrected chi connectivity index (χ1v) is 13.2. The number of halogens is 3. The summed E-state index contributed by atoms with van der Waals surface area (Å²) < 4.78 is 2.92. The molecule has 0 radical (unpaired) electrons. The fraction of sp³-hybridized carbons (Fsp3) is 0.320. The molecule has 1 aromatic carbocycles. The molecule has 2 aliphatic rings. The molecule has 1 N–H and O–H groups in total. The van der Waals surface area contributed by atoms with Gasteiger partial charge in [0.25, 0.3) is 0 Å². The van der Waals surface area contributed by atoms with Crippen LogP contribution in [-0.4, -0.2) is 52.1 Å². The van der Waals surface area contributed by atoms with Gasteiger partial charge in [-0.2, -0.15) is 0 Å². The van der Waals surface area contributed by atoms with Crippen LogP contribution in [0.3, 0.4) is 0 Å². The molecule has 0 bridgehead atoms. The Bertz CT molecular complexity index is 1230. The van der Waals surface area contributed by atoms with E-state index in [0.717, 1.165) is 55.9 Å². The minimum absolute atomic E-state index is 0.0144. The first-order valence-electron chi connectivity index (χ1n) is 11.2. The normalized spacial score (nSPS) is 18.2. The number of nitrogens with zero attached hydrogens (tertiary/aromatic N) is 4. The molecule has 3 aromatic rings. The molecule has 5 rings (SSSR count). The van der Waals surface area contributed by atoms with Crippen molar-refractivity contribution in [3.8, 4) is 0 Å². The van der Waals surface area contributed by atoms with Gasteiger partial charge in [0.05, 0.1) is 23.2 Å². The van der Waals surface area contributed by atoms with E-state index in [1.54, 1.807) is 12.1 Å². The quantitative estimate of drug-likeness (QED) is 0.355. The summed E-state index contributed by atoms with van der Waals surface area (Å²) in [5.74, 6) is 0.105. The lowest BCUT2D eigenvalue weighted by atomic mass is 9.96. The maximum atomic E-state index is 12.9. The van der Waals surface area contributed by atoms with E-state index in [-0.39, 0.29) is 11.9 Å². The molecule has 1 aliphatic carbocycles. The van der Waals surface area contributed by atoms with Crippen molar-refractivity contribution in [3.05, 3.63) is 90.8 Å². The second-order valence-electron chi connectivity index (χ2n) is 8.71. The smallest absolute Gasteiger partial charge is 0.227 e. The van der Waals surface area contributed by atoms with Crippen LogP contribution in [0.4, 0.5) is 0 Å². The van der Waals surface area contributed by atoms with E-state index >= 15 is 0 Å². The van der Waals surface area contributed by atoms with Crippen LogP contribution < -0.4 is 4.73 Å². The lowest BCUT2D eigenvalue weighted by Crippen LogP contribution is -2.50. The molecule has 1 amide bonds. The average molecular weight is 608 g/mol. The lowest BCUT2D eigenvalue weighted by Gasteiger charge is -2.40. The van der Waals surface area contributed by atoms with Gasteiger partial charge in [0.1, 0.15) is 0 Å². The first-order chi connectivity index (χ1) is 16.4. The Labute approximate surface area is 220 Å². The Kier molecular flexibility index (Phi) is 6.93. The van der Waals surface area contributed by atoms with E-state index in [0.29, 0.717) is 19.5 Å². The van der Waals surface area contributed by atoms with Crippen molar-refractivity contribution in [3.63, 3.8) is 0 Å². The molecule has 1 saturated heterocycles. The van der Waals surface area contributed by atoms with Crippen molar-refractivity contribution < 1.29 is 14.7 Å². The third-order valence-electron chi connectivity index (χ3n) is 6.67. The van der Waals surface area contributed by atoms with Crippen molar-refractivity contribution >= 4 is 49.4 Å². The summed E-state index contributed by atoms with van der Waals surface area (Å²) >= 11 is 13.8. The number of amides is 1. The highest BCUT2D eigenvalue weighted by Crippen LogP contribution is 2.41. The molecule has 9 heteroatoms. The standard InChI is InChI=1S/C25H24Br2ClN4O2/c26-18-14-17-1-2-19-20(3-4-21(28)23(19)27)25(24(17)29-15-18)31-11-9-30(10-12-31)22(33)13-16-5-7-32(34)8-6-16/h3-8,14-15,25,34H,1-2,9-13H2/q+1. The maximum Gasteiger partial charge on any atom is 0.227 e. The molecule has 3 heterocycles. The van der Waals surface area contributed by atoms with Crippen LogP contribution in [0.15, 0.2) is 57.9 Å². The third kappa shape index (κ3) is 4.73. The summed E-state index contributed by atoms with van der Waals surface area (Å²) in [4.78, 5) is 22.1. The van der Waals surface area contributed by atoms with Gasteiger partial charge < -0.3 is 4.90 Å². The van der Waals surface area contributed by atoms with Gasteiger partial charge in [-0.25, -0.2) is 0 Å². The minimum Gasteiger partial charge on any atom is -0.340 e. The number of hydrogen-bond donors (Lipinski definition) is 1. The summed E-state index contributed by atoms with van der Waals surface area (Å²) in [6.45, 7) is 2.85. The molecule has 34 heavy (non-hydrogen) atoms. The highest BCUT2D eigenvalue weighted by atomic mass is 79.9. The van der Waals surface area contributed by atoms with Crippen LogP contribution in [0.2, 0.25) is 5.02 Å². The molecule has 1 fully saturated rings. The molecule has 176 valence electrons. The molecule has 0 spiro atoms. The van der Waals surface area contributed by atoms with Gasteiger partial charge in [0.15, 0.2) is 0 Å². The van der Waals surface area contributed by atoms with E-state index in [9.17, 15) is 10.0 Å². The van der Waals surface area contributed by atoms with Crippen molar-refractivity contribution in [2.45, 2.75) is 25.3 Å². The van der Waals surface area contributed by atoms with Gasteiger partial charge in [-0.05, 0) is 79.1 Å². The maximum absolute atomic E-state index is 12.9. The zero-order chi connectivity index (χ0) is 23.8. The van der Waals surface area contributed by atoms with Crippen LogP contribution in [0.1, 0.15) is 34.0 Å². The second kappa shape index (κ2) is 9.93. The van der Waals surface area contributed by atoms with Crippen molar-refractivity contribution in [1.82, 2.24) is 14.8 Å². The number of benzene rings is 1. The number of carbonyl (C=O) groups excluding carboxylic acids is 1. The zero-order valence-corrected chi connectivity index (χ0v) is 22.4. The van der Waals surface area contributed by atoms with Crippen LogP contribution in [0.25, 0.3) is 0 Å². The highest BCUT2D eigenvalue weighted by molar-refractivity contribution is 9.10. The van der Waals surface area contributed by atoms with E-state index in [4.69, 9.17) is 16.6 Å². The van der Waals surface area contributed by atoms with Crippen molar-refractivity contribution in [1.29, 1.82) is 0 Å². The third-order valence-corrected chi connectivity index (χ3v) is 8.55. The number of piperazine rings is 1. The monoisotopic (exact) mass is 605 g/mol. The number of hydrogen-bond acceptors (Lipinski definition) is 4. The number of carbonyl (C=O) groups is 1. The van der Waals surface area contributed by atoms with E-state index < -0.39 is 0 Å². The molecular formula is C25H24Br2ClN4O2+. The predicted octanol–water partition coefficient (Wildman–Crippen LogP) is 4.36. The Hall–Kier alpha value is -2.00. The second-order valence-corrected chi connectivity index (χ2v) is 10.8. The molecule has 6 nitrogen and oxygen atoms in total. The highest BCUT2D eigenvalue weighted by Gasteiger charge is 2.34. The average Bonchev–Trinajstić information content (AvgIpc) is 3.00. The van der Waals surface area contributed by atoms with Crippen molar-refractivity contribution in [2.24, 2.45) is 0 Å². The van der Waals surface area contributed by atoms with Gasteiger partial charge in [-0.1, -0.05) is 17.7 Å². The number of rotatable bonds is 3. The fourth-order valence-corrected chi connectivity index (χ4v) is 6.03. The molecule has 1 unspecified atom stereocenters. The molecule has 1 atom stereocenters. The molecule has 2 aromatic heterocycles. The fourth-order valence-electron chi connectivity index (χ4n) is 4.92. The van der Waals surface area contributed by atoms with Crippen LogP contribution in [0, 0.1) is 0 Å².